The van der Waals surface area contributed by atoms with Gasteiger partial charge in [0.15, 0.2) is 6.10 Å². The van der Waals surface area contributed by atoms with E-state index < -0.39 is 23.7 Å². The summed E-state index contributed by atoms with van der Waals surface area (Å²) in [7, 11) is 0. The zero-order valence-electron chi connectivity index (χ0n) is 14.0. The first kappa shape index (κ1) is 16.3. The first-order valence-corrected chi connectivity index (χ1v) is 8.03. The molecule has 1 saturated heterocycles. The second-order valence-electron chi connectivity index (χ2n) is 6.74. The molecule has 0 spiro atoms. The summed E-state index contributed by atoms with van der Waals surface area (Å²) >= 11 is 0. The molecule has 24 heavy (non-hydrogen) atoms. The number of rotatable bonds is 2. The van der Waals surface area contributed by atoms with Gasteiger partial charge in [-0.05, 0) is 38.5 Å². The van der Waals surface area contributed by atoms with Crippen molar-refractivity contribution < 1.29 is 19.1 Å². The molecule has 2 atom stereocenters. The Balaban J connectivity index is 2.15. The van der Waals surface area contributed by atoms with Crippen LogP contribution in [0.5, 0.6) is 5.75 Å². The van der Waals surface area contributed by atoms with E-state index in [-0.39, 0.29) is 5.91 Å². The second kappa shape index (κ2) is 5.82. The Bertz CT molecular complexity index is 735. The molecule has 3 rings (SSSR count). The highest BCUT2D eigenvalue weighted by molar-refractivity contribution is 5.79. The molecular formula is C18H20N2O4. The van der Waals surface area contributed by atoms with Crippen molar-refractivity contribution in [1.29, 1.82) is 5.26 Å². The zero-order chi connectivity index (χ0) is 17.5. The minimum atomic E-state index is -0.791. The monoisotopic (exact) mass is 328 g/mol. The summed E-state index contributed by atoms with van der Waals surface area (Å²) in [6.07, 6.45) is 0.618. The summed E-state index contributed by atoms with van der Waals surface area (Å²) < 4.78 is 11.6. The van der Waals surface area contributed by atoms with E-state index in [2.05, 4.69) is 6.07 Å². The van der Waals surface area contributed by atoms with Crippen molar-refractivity contribution in [2.24, 2.45) is 0 Å². The van der Waals surface area contributed by atoms with Crippen LogP contribution in [0.4, 0.5) is 0 Å². The smallest absolute Gasteiger partial charge is 0.303 e. The first-order valence-electron chi connectivity index (χ1n) is 8.03. The molecule has 1 amide bonds. The van der Waals surface area contributed by atoms with Gasteiger partial charge in [-0.1, -0.05) is 0 Å². The lowest BCUT2D eigenvalue weighted by Crippen LogP contribution is -2.55. The summed E-state index contributed by atoms with van der Waals surface area (Å²) in [5, 5.41) is 9.20. The van der Waals surface area contributed by atoms with Gasteiger partial charge < -0.3 is 14.4 Å². The number of carbonyl (C=O) groups excluding carboxylic acids is 2. The highest BCUT2D eigenvalue weighted by Crippen LogP contribution is 2.45. The molecule has 0 radical (unpaired) electrons. The molecule has 0 aromatic heterocycles. The Hall–Kier alpha value is -2.55. The summed E-state index contributed by atoms with van der Waals surface area (Å²) in [6, 6.07) is 6.81. The molecule has 2 heterocycles. The van der Waals surface area contributed by atoms with Crippen molar-refractivity contribution in [3.63, 3.8) is 0 Å². The number of ether oxygens (including phenoxy) is 2. The van der Waals surface area contributed by atoms with Crippen molar-refractivity contribution in [2.45, 2.75) is 51.4 Å². The van der Waals surface area contributed by atoms with Gasteiger partial charge >= 0.3 is 5.97 Å². The van der Waals surface area contributed by atoms with Gasteiger partial charge in [0, 0.05) is 25.5 Å². The lowest BCUT2D eigenvalue weighted by Gasteiger charge is -2.46. The molecule has 0 aliphatic carbocycles. The molecule has 1 unspecified atom stereocenters. The van der Waals surface area contributed by atoms with Crippen molar-refractivity contribution in [3.8, 4) is 11.8 Å². The molecule has 0 saturated carbocycles. The van der Waals surface area contributed by atoms with Crippen molar-refractivity contribution in [3.05, 3.63) is 29.3 Å². The van der Waals surface area contributed by atoms with Gasteiger partial charge in [0.25, 0.3) is 0 Å². The summed E-state index contributed by atoms with van der Waals surface area (Å²) in [5.74, 6) is 0.225. The Morgan fingerprint density at radius 3 is 2.79 bits per heavy atom. The maximum Gasteiger partial charge on any atom is 0.303 e. The molecule has 0 N–H and O–H groups in total. The van der Waals surface area contributed by atoms with Gasteiger partial charge in [0.1, 0.15) is 17.4 Å². The maximum atomic E-state index is 12.4. The third kappa shape index (κ3) is 2.71. The Morgan fingerprint density at radius 2 is 2.21 bits per heavy atom. The number of carbonyl (C=O) groups is 2. The normalized spacial score (nSPS) is 24.8. The van der Waals surface area contributed by atoms with E-state index in [1.807, 2.05) is 13.8 Å². The standard InChI is InChI=1S/C18H20N2O4/c1-11(21)23-17-16(20-8-4-5-15(20)22)13-9-12(10-19)6-7-14(13)24-18(17,2)3/h6-7,9,16-17H,4-5,8H2,1-3H3/t16?,17-/m0/s1. The summed E-state index contributed by atoms with van der Waals surface area (Å²) in [5.41, 5.74) is 0.408. The Morgan fingerprint density at radius 1 is 1.46 bits per heavy atom. The van der Waals surface area contributed by atoms with Crippen LogP contribution in [0.25, 0.3) is 0 Å². The fourth-order valence-electron chi connectivity index (χ4n) is 3.51. The summed E-state index contributed by atoms with van der Waals surface area (Å²) in [6.45, 7) is 5.64. The van der Waals surface area contributed by atoms with Gasteiger partial charge in [-0.25, -0.2) is 0 Å². The van der Waals surface area contributed by atoms with E-state index in [0.717, 1.165) is 12.0 Å². The predicted octanol–water partition coefficient (Wildman–Crippen LogP) is 2.32. The maximum absolute atomic E-state index is 12.4. The van der Waals surface area contributed by atoms with Crippen LogP contribution in [0.15, 0.2) is 18.2 Å². The fraction of sp³-hybridized carbons (Fsp3) is 0.500. The molecule has 1 fully saturated rings. The lowest BCUT2D eigenvalue weighted by atomic mass is 9.84. The number of hydrogen-bond donors (Lipinski definition) is 0. The largest absolute Gasteiger partial charge is 0.484 e. The molecule has 0 bridgehead atoms. The van der Waals surface area contributed by atoms with Crippen LogP contribution in [0.3, 0.4) is 0 Å². The van der Waals surface area contributed by atoms with Crippen LogP contribution in [0.2, 0.25) is 0 Å². The number of hydrogen-bond acceptors (Lipinski definition) is 5. The number of nitrogens with zero attached hydrogens (tertiary/aromatic N) is 2. The first-order chi connectivity index (χ1) is 11.3. The molecule has 1 aromatic carbocycles. The average molecular weight is 328 g/mol. The SMILES string of the molecule is CC(=O)O[C@H]1C(N2CCCC2=O)c2cc(C#N)ccc2OC1(C)C. The number of likely N-dealkylation sites (tertiary alicyclic amines) is 1. The molecule has 2 aliphatic rings. The van der Waals surface area contributed by atoms with E-state index in [4.69, 9.17) is 9.47 Å². The topological polar surface area (TPSA) is 79.6 Å². The lowest BCUT2D eigenvalue weighted by molar-refractivity contribution is -0.171. The minimum absolute atomic E-state index is 0.0307. The average Bonchev–Trinajstić information content (AvgIpc) is 2.93. The van der Waals surface area contributed by atoms with Crippen LogP contribution < -0.4 is 4.74 Å². The second-order valence-corrected chi connectivity index (χ2v) is 6.74. The third-order valence-corrected chi connectivity index (χ3v) is 4.54. The zero-order valence-corrected chi connectivity index (χ0v) is 14.0. The van der Waals surface area contributed by atoms with Crippen LogP contribution in [0, 0.1) is 11.3 Å². The van der Waals surface area contributed by atoms with Crippen molar-refractivity contribution in [1.82, 2.24) is 4.90 Å². The molecule has 126 valence electrons. The summed E-state index contributed by atoms with van der Waals surface area (Å²) in [4.78, 5) is 25.8. The van der Waals surface area contributed by atoms with E-state index in [9.17, 15) is 14.9 Å². The predicted molar refractivity (Wildman–Crippen MR) is 85.1 cm³/mol. The number of amides is 1. The van der Waals surface area contributed by atoms with Gasteiger partial charge in [-0.2, -0.15) is 5.26 Å². The van der Waals surface area contributed by atoms with E-state index >= 15 is 0 Å². The number of nitriles is 1. The van der Waals surface area contributed by atoms with Crippen LogP contribution in [-0.2, 0) is 14.3 Å². The number of esters is 1. The highest BCUT2D eigenvalue weighted by Gasteiger charge is 2.50. The van der Waals surface area contributed by atoms with E-state index in [1.165, 1.54) is 6.92 Å². The fourth-order valence-corrected chi connectivity index (χ4v) is 3.51. The molecule has 6 nitrogen and oxygen atoms in total. The van der Waals surface area contributed by atoms with E-state index in [0.29, 0.717) is 24.3 Å². The van der Waals surface area contributed by atoms with E-state index in [1.54, 1.807) is 23.1 Å². The van der Waals surface area contributed by atoms with Gasteiger partial charge in [-0.3, -0.25) is 9.59 Å². The highest BCUT2D eigenvalue weighted by atomic mass is 16.6. The molecular weight excluding hydrogens is 308 g/mol. The van der Waals surface area contributed by atoms with Gasteiger partial charge in [-0.15, -0.1) is 0 Å². The third-order valence-electron chi connectivity index (χ3n) is 4.54. The number of fused-ring (bicyclic) bond motifs is 1. The quantitative estimate of drug-likeness (QED) is 0.778. The van der Waals surface area contributed by atoms with Gasteiger partial charge in [0.2, 0.25) is 5.91 Å². The van der Waals surface area contributed by atoms with Crippen molar-refractivity contribution >= 4 is 11.9 Å². The van der Waals surface area contributed by atoms with Crippen LogP contribution in [-0.4, -0.2) is 35.0 Å². The minimum Gasteiger partial charge on any atom is -0.484 e. The number of benzene rings is 1. The van der Waals surface area contributed by atoms with Gasteiger partial charge in [0.05, 0.1) is 11.6 Å². The molecule has 1 aromatic rings. The van der Waals surface area contributed by atoms with Crippen LogP contribution in [0.1, 0.15) is 50.8 Å². The van der Waals surface area contributed by atoms with Crippen LogP contribution >= 0.6 is 0 Å². The molecule has 6 heteroatoms. The Kier molecular flexibility index (Phi) is 3.96. The Labute approximate surface area is 141 Å². The molecule has 2 aliphatic heterocycles. The van der Waals surface area contributed by atoms with Crippen molar-refractivity contribution in [2.75, 3.05) is 6.54 Å².